The highest BCUT2D eigenvalue weighted by molar-refractivity contribution is 7.92. The Morgan fingerprint density at radius 3 is 2.35 bits per heavy atom. The predicted octanol–water partition coefficient (Wildman–Crippen LogP) is 2.91. The van der Waals surface area contributed by atoms with Gasteiger partial charge in [0.2, 0.25) is 0 Å². The number of aromatic nitrogens is 2. The van der Waals surface area contributed by atoms with Gasteiger partial charge in [-0.2, -0.15) is 5.10 Å². The number of nitrogens with one attached hydrogen (secondary N) is 1. The van der Waals surface area contributed by atoms with Gasteiger partial charge in [-0.1, -0.05) is 0 Å². The Kier molecular flexibility index (Phi) is 4.55. The summed E-state index contributed by atoms with van der Waals surface area (Å²) < 4.78 is 68.3. The van der Waals surface area contributed by atoms with Crippen LogP contribution < -0.4 is 9.46 Å². The second-order valence-corrected chi connectivity index (χ2v) is 6.26. The molecule has 0 amide bonds. The quantitative estimate of drug-likeness (QED) is 0.901. The zero-order chi connectivity index (χ0) is 17.3. The van der Waals surface area contributed by atoms with Crippen LogP contribution in [0.1, 0.15) is 12.6 Å². The van der Waals surface area contributed by atoms with Gasteiger partial charge in [-0.05, 0) is 38.1 Å². The van der Waals surface area contributed by atoms with E-state index in [2.05, 4.69) is 14.6 Å². The minimum atomic E-state index is -4.80. The predicted molar refractivity (Wildman–Crippen MR) is 76.6 cm³/mol. The zero-order valence-corrected chi connectivity index (χ0v) is 13.1. The molecule has 126 valence electrons. The van der Waals surface area contributed by atoms with E-state index in [1.54, 1.807) is 6.92 Å². The number of sulfonamides is 1. The van der Waals surface area contributed by atoms with Gasteiger partial charge in [0, 0.05) is 18.4 Å². The summed E-state index contributed by atoms with van der Waals surface area (Å²) in [6.45, 7) is 3.89. The van der Waals surface area contributed by atoms with Crippen molar-refractivity contribution < 1.29 is 26.3 Å². The number of ether oxygens (including phenoxy) is 1. The number of benzene rings is 1. The van der Waals surface area contributed by atoms with Gasteiger partial charge in [-0.3, -0.25) is 9.40 Å². The lowest BCUT2D eigenvalue weighted by Crippen LogP contribution is -2.17. The molecule has 23 heavy (non-hydrogen) atoms. The van der Waals surface area contributed by atoms with Crippen molar-refractivity contribution in [3.8, 4) is 5.75 Å². The van der Waals surface area contributed by atoms with Crippen LogP contribution in [-0.2, 0) is 16.6 Å². The lowest BCUT2D eigenvalue weighted by atomic mass is 10.3. The SMILES string of the molecule is CCn1cc(S(=O)(=O)Nc2ccc(OC(F)(F)F)cc2)c(C)n1. The van der Waals surface area contributed by atoms with E-state index in [9.17, 15) is 21.6 Å². The van der Waals surface area contributed by atoms with Crippen LogP contribution in [0.5, 0.6) is 5.75 Å². The summed E-state index contributed by atoms with van der Waals surface area (Å²) in [7, 11) is -3.88. The molecule has 0 atom stereocenters. The topological polar surface area (TPSA) is 73.2 Å². The highest BCUT2D eigenvalue weighted by Gasteiger charge is 2.31. The number of hydrogen-bond acceptors (Lipinski definition) is 4. The Balaban J connectivity index is 2.19. The van der Waals surface area contributed by atoms with Crippen molar-refractivity contribution >= 4 is 15.7 Å². The van der Waals surface area contributed by atoms with E-state index in [0.29, 0.717) is 12.2 Å². The van der Waals surface area contributed by atoms with Gasteiger partial charge in [0.15, 0.2) is 0 Å². The van der Waals surface area contributed by atoms with Crippen molar-refractivity contribution in [3.05, 3.63) is 36.2 Å². The molecule has 6 nitrogen and oxygen atoms in total. The van der Waals surface area contributed by atoms with Gasteiger partial charge in [0.25, 0.3) is 10.0 Å². The molecule has 1 heterocycles. The average molecular weight is 349 g/mol. The molecule has 0 bridgehead atoms. The average Bonchev–Trinajstić information content (AvgIpc) is 2.81. The first kappa shape index (κ1) is 17.1. The largest absolute Gasteiger partial charge is 0.573 e. The maximum absolute atomic E-state index is 12.3. The highest BCUT2D eigenvalue weighted by Crippen LogP contribution is 2.25. The molecular formula is C13H14F3N3O3S. The van der Waals surface area contributed by atoms with Gasteiger partial charge in [0.05, 0.1) is 5.69 Å². The first-order valence-corrected chi connectivity index (χ1v) is 8.02. The van der Waals surface area contributed by atoms with E-state index < -0.39 is 22.1 Å². The number of rotatable bonds is 5. The number of hydrogen-bond donors (Lipinski definition) is 1. The molecule has 10 heteroatoms. The molecule has 0 aliphatic heterocycles. The van der Waals surface area contributed by atoms with Crippen LogP contribution in [0.3, 0.4) is 0 Å². The smallest absolute Gasteiger partial charge is 0.406 e. The molecule has 1 N–H and O–H groups in total. The van der Waals surface area contributed by atoms with Crippen molar-refractivity contribution in [2.24, 2.45) is 0 Å². The molecule has 2 aromatic rings. The Bertz CT molecular complexity index is 783. The van der Waals surface area contributed by atoms with E-state index in [0.717, 1.165) is 12.1 Å². The molecule has 0 spiro atoms. The third kappa shape index (κ3) is 4.38. The second-order valence-electron chi connectivity index (χ2n) is 4.61. The fourth-order valence-electron chi connectivity index (χ4n) is 1.86. The van der Waals surface area contributed by atoms with Crippen molar-refractivity contribution in [1.82, 2.24) is 9.78 Å². The number of halogens is 3. The first-order valence-electron chi connectivity index (χ1n) is 6.53. The maximum atomic E-state index is 12.3. The van der Waals surface area contributed by atoms with Crippen LogP contribution in [0.15, 0.2) is 35.4 Å². The van der Waals surface area contributed by atoms with Crippen LogP contribution in [0, 0.1) is 6.92 Å². The molecule has 1 aromatic heterocycles. The van der Waals surface area contributed by atoms with E-state index in [1.807, 2.05) is 6.92 Å². The van der Waals surface area contributed by atoms with Gasteiger partial charge in [-0.15, -0.1) is 13.2 Å². The number of alkyl halides is 3. The van der Waals surface area contributed by atoms with E-state index in [-0.39, 0.29) is 10.6 Å². The minimum Gasteiger partial charge on any atom is -0.406 e. The zero-order valence-electron chi connectivity index (χ0n) is 12.3. The standard InChI is InChI=1S/C13H14F3N3O3S/c1-3-19-8-12(9(2)17-19)23(20,21)18-10-4-6-11(7-5-10)22-13(14,15)16/h4-8,18H,3H2,1-2H3. The molecule has 0 saturated carbocycles. The summed E-state index contributed by atoms with van der Waals surface area (Å²) in [6, 6.07) is 4.40. The van der Waals surface area contributed by atoms with Crippen molar-refractivity contribution in [2.45, 2.75) is 31.7 Å². The van der Waals surface area contributed by atoms with Gasteiger partial charge < -0.3 is 4.74 Å². The second kappa shape index (κ2) is 6.11. The van der Waals surface area contributed by atoms with E-state index >= 15 is 0 Å². The number of aryl methyl sites for hydroxylation is 2. The van der Waals surface area contributed by atoms with Crippen LogP contribution in [-0.4, -0.2) is 24.6 Å². The summed E-state index contributed by atoms with van der Waals surface area (Å²) in [4.78, 5) is 0.00923. The maximum Gasteiger partial charge on any atom is 0.573 e. The van der Waals surface area contributed by atoms with Gasteiger partial charge >= 0.3 is 6.36 Å². The summed E-state index contributed by atoms with van der Waals surface area (Å²) >= 11 is 0. The molecule has 0 radical (unpaired) electrons. The Morgan fingerprint density at radius 1 is 1.26 bits per heavy atom. The molecule has 2 rings (SSSR count). The van der Waals surface area contributed by atoms with Crippen LogP contribution in [0.2, 0.25) is 0 Å². The summed E-state index contributed by atoms with van der Waals surface area (Å²) in [5, 5.41) is 4.04. The number of anilines is 1. The molecular weight excluding hydrogens is 335 g/mol. The lowest BCUT2D eigenvalue weighted by Gasteiger charge is -2.10. The van der Waals surface area contributed by atoms with E-state index in [4.69, 9.17) is 0 Å². The molecule has 0 aliphatic rings. The molecule has 0 saturated heterocycles. The van der Waals surface area contributed by atoms with Crippen molar-refractivity contribution in [2.75, 3.05) is 4.72 Å². The molecule has 1 aromatic carbocycles. The van der Waals surface area contributed by atoms with Crippen LogP contribution in [0.25, 0.3) is 0 Å². The minimum absolute atomic E-state index is 0.00923. The first-order chi connectivity index (χ1) is 10.6. The van der Waals surface area contributed by atoms with Gasteiger partial charge in [0.1, 0.15) is 10.6 Å². The molecule has 0 aliphatic carbocycles. The summed E-state index contributed by atoms with van der Waals surface area (Å²) in [5.41, 5.74) is 0.444. The van der Waals surface area contributed by atoms with Gasteiger partial charge in [-0.25, -0.2) is 8.42 Å². The van der Waals surface area contributed by atoms with Crippen LogP contribution in [0.4, 0.5) is 18.9 Å². The normalized spacial score (nSPS) is 12.2. The Morgan fingerprint density at radius 2 is 1.87 bits per heavy atom. The molecule has 0 fully saturated rings. The Hall–Kier alpha value is -2.23. The highest BCUT2D eigenvalue weighted by atomic mass is 32.2. The Labute approximate surface area is 130 Å². The fraction of sp³-hybridized carbons (Fsp3) is 0.308. The van der Waals surface area contributed by atoms with Crippen molar-refractivity contribution in [3.63, 3.8) is 0 Å². The lowest BCUT2D eigenvalue weighted by molar-refractivity contribution is -0.274. The number of nitrogens with zero attached hydrogens (tertiary/aromatic N) is 2. The van der Waals surface area contributed by atoms with Crippen LogP contribution >= 0.6 is 0 Å². The summed E-state index contributed by atoms with van der Waals surface area (Å²) in [6.07, 6.45) is -3.41. The summed E-state index contributed by atoms with van der Waals surface area (Å²) in [5.74, 6) is -0.435. The van der Waals surface area contributed by atoms with Crippen molar-refractivity contribution in [1.29, 1.82) is 0 Å². The monoisotopic (exact) mass is 349 g/mol. The van der Waals surface area contributed by atoms with E-state index in [1.165, 1.54) is 23.0 Å². The molecule has 0 unspecified atom stereocenters. The fourth-order valence-corrected chi connectivity index (χ4v) is 3.11. The third-order valence-corrected chi connectivity index (χ3v) is 4.34. The third-order valence-electron chi connectivity index (χ3n) is 2.85.